The maximum absolute atomic E-state index is 13.8. The standard InChI is InChI=1S/C14H15FO3/c1-3-18-13(17)9-5-7-11-6-4-8-12(10(2)16)14(11)15/h4-8H,3,9H2,1-2H3. The first-order chi connectivity index (χ1) is 8.56. The van der Waals surface area contributed by atoms with E-state index in [1.165, 1.54) is 25.1 Å². The first-order valence-corrected chi connectivity index (χ1v) is 5.67. The molecule has 0 radical (unpaired) electrons. The predicted octanol–water partition coefficient (Wildman–Crippen LogP) is 2.99. The summed E-state index contributed by atoms with van der Waals surface area (Å²) in [6.45, 7) is 3.35. The van der Waals surface area contributed by atoms with Gasteiger partial charge in [-0.15, -0.1) is 0 Å². The highest BCUT2D eigenvalue weighted by Crippen LogP contribution is 2.15. The molecule has 0 unspecified atom stereocenters. The molecule has 0 saturated heterocycles. The van der Waals surface area contributed by atoms with Crippen LogP contribution in [0.15, 0.2) is 24.3 Å². The monoisotopic (exact) mass is 250 g/mol. The molecule has 0 aliphatic rings. The molecule has 1 aromatic carbocycles. The molecule has 0 bridgehead atoms. The Kier molecular flexibility index (Phi) is 5.24. The summed E-state index contributed by atoms with van der Waals surface area (Å²) in [6, 6.07) is 4.58. The van der Waals surface area contributed by atoms with Crippen molar-refractivity contribution in [2.24, 2.45) is 0 Å². The number of ether oxygens (including phenoxy) is 1. The number of hydrogen-bond donors (Lipinski definition) is 0. The fourth-order valence-corrected chi connectivity index (χ4v) is 1.45. The van der Waals surface area contributed by atoms with Crippen LogP contribution < -0.4 is 0 Å². The number of Topliss-reactive ketones (excluding diaryl/α,β-unsaturated/α-hetero) is 1. The number of benzene rings is 1. The molecule has 0 fully saturated rings. The summed E-state index contributed by atoms with van der Waals surface area (Å²) in [4.78, 5) is 22.2. The molecule has 0 atom stereocenters. The van der Waals surface area contributed by atoms with Crippen LogP contribution in [-0.4, -0.2) is 18.4 Å². The summed E-state index contributed by atoms with van der Waals surface area (Å²) in [5.74, 6) is -1.25. The number of halogens is 1. The highest BCUT2D eigenvalue weighted by molar-refractivity contribution is 5.95. The van der Waals surface area contributed by atoms with Gasteiger partial charge in [-0.2, -0.15) is 0 Å². The lowest BCUT2D eigenvalue weighted by molar-refractivity contribution is -0.142. The van der Waals surface area contributed by atoms with Gasteiger partial charge in [-0.25, -0.2) is 4.39 Å². The smallest absolute Gasteiger partial charge is 0.309 e. The zero-order chi connectivity index (χ0) is 13.5. The summed E-state index contributed by atoms with van der Waals surface area (Å²) < 4.78 is 18.5. The van der Waals surface area contributed by atoms with Crippen LogP contribution in [0, 0.1) is 5.82 Å². The SMILES string of the molecule is CCOC(=O)CC=Cc1cccc(C(C)=O)c1F. The highest BCUT2D eigenvalue weighted by Gasteiger charge is 2.09. The number of ketones is 1. The summed E-state index contributed by atoms with van der Waals surface area (Å²) >= 11 is 0. The van der Waals surface area contributed by atoms with Crippen molar-refractivity contribution >= 4 is 17.8 Å². The number of carbonyl (C=O) groups is 2. The van der Waals surface area contributed by atoms with Crippen LogP contribution in [0.3, 0.4) is 0 Å². The molecule has 0 aromatic heterocycles. The van der Waals surface area contributed by atoms with Gasteiger partial charge in [0, 0.05) is 5.56 Å². The van der Waals surface area contributed by atoms with Crippen LogP contribution in [0.1, 0.15) is 36.2 Å². The Balaban J connectivity index is 2.79. The topological polar surface area (TPSA) is 43.4 Å². The van der Waals surface area contributed by atoms with Crippen molar-refractivity contribution in [3.63, 3.8) is 0 Å². The maximum Gasteiger partial charge on any atom is 0.309 e. The summed E-state index contributed by atoms with van der Waals surface area (Å²) in [6.07, 6.45) is 3.07. The van der Waals surface area contributed by atoms with Crippen LogP contribution in [0.25, 0.3) is 6.08 Å². The van der Waals surface area contributed by atoms with E-state index in [2.05, 4.69) is 0 Å². The predicted molar refractivity (Wildman–Crippen MR) is 66.7 cm³/mol. The van der Waals surface area contributed by atoms with Gasteiger partial charge in [-0.05, 0) is 19.9 Å². The first kappa shape index (κ1) is 14.1. The third kappa shape index (κ3) is 3.80. The average Bonchev–Trinajstić information content (AvgIpc) is 2.31. The Morgan fingerprint density at radius 2 is 2.11 bits per heavy atom. The van der Waals surface area contributed by atoms with Gasteiger partial charge in [0.15, 0.2) is 5.78 Å². The van der Waals surface area contributed by atoms with E-state index in [1.54, 1.807) is 19.1 Å². The molecular weight excluding hydrogens is 235 g/mol. The van der Waals surface area contributed by atoms with Crippen molar-refractivity contribution in [1.29, 1.82) is 0 Å². The van der Waals surface area contributed by atoms with E-state index >= 15 is 0 Å². The van der Waals surface area contributed by atoms with E-state index in [9.17, 15) is 14.0 Å². The zero-order valence-corrected chi connectivity index (χ0v) is 10.4. The minimum atomic E-state index is -0.565. The van der Waals surface area contributed by atoms with Gasteiger partial charge < -0.3 is 4.74 Å². The van der Waals surface area contributed by atoms with Gasteiger partial charge >= 0.3 is 5.97 Å². The van der Waals surface area contributed by atoms with E-state index in [-0.39, 0.29) is 29.3 Å². The van der Waals surface area contributed by atoms with E-state index in [4.69, 9.17) is 4.74 Å². The van der Waals surface area contributed by atoms with Crippen molar-refractivity contribution in [3.05, 3.63) is 41.2 Å². The Bertz CT molecular complexity index is 478. The van der Waals surface area contributed by atoms with Crippen molar-refractivity contribution in [2.75, 3.05) is 6.61 Å². The van der Waals surface area contributed by atoms with Gasteiger partial charge in [0.05, 0.1) is 18.6 Å². The molecule has 1 rings (SSSR count). The highest BCUT2D eigenvalue weighted by atomic mass is 19.1. The normalized spacial score (nSPS) is 10.6. The second-order valence-electron chi connectivity index (χ2n) is 3.68. The molecule has 0 aliphatic heterocycles. The summed E-state index contributed by atoms with van der Waals surface area (Å²) in [5.41, 5.74) is 0.334. The molecule has 0 saturated carbocycles. The second kappa shape index (κ2) is 6.69. The third-order valence-electron chi connectivity index (χ3n) is 2.30. The van der Waals surface area contributed by atoms with Crippen LogP contribution in [-0.2, 0) is 9.53 Å². The van der Waals surface area contributed by atoms with E-state index < -0.39 is 5.82 Å². The minimum Gasteiger partial charge on any atom is -0.466 e. The molecule has 0 amide bonds. The molecule has 0 heterocycles. The summed E-state index contributed by atoms with van der Waals surface area (Å²) in [7, 11) is 0. The lowest BCUT2D eigenvalue weighted by atomic mass is 10.1. The molecule has 0 N–H and O–H groups in total. The van der Waals surface area contributed by atoms with Crippen molar-refractivity contribution in [3.8, 4) is 0 Å². The molecular formula is C14H15FO3. The Morgan fingerprint density at radius 3 is 2.72 bits per heavy atom. The fourth-order valence-electron chi connectivity index (χ4n) is 1.45. The molecule has 0 aliphatic carbocycles. The molecule has 96 valence electrons. The van der Waals surface area contributed by atoms with Crippen LogP contribution in [0.5, 0.6) is 0 Å². The molecule has 3 nitrogen and oxygen atoms in total. The Hall–Kier alpha value is -1.97. The van der Waals surface area contributed by atoms with Crippen molar-refractivity contribution < 1.29 is 18.7 Å². The molecule has 18 heavy (non-hydrogen) atoms. The minimum absolute atomic E-state index is 0.0493. The van der Waals surface area contributed by atoms with Gasteiger partial charge in [0.25, 0.3) is 0 Å². The molecule has 4 heteroatoms. The van der Waals surface area contributed by atoms with Crippen molar-refractivity contribution in [2.45, 2.75) is 20.3 Å². The van der Waals surface area contributed by atoms with E-state index in [0.29, 0.717) is 6.61 Å². The number of hydrogen-bond acceptors (Lipinski definition) is 3. The number of carbonyl (C=O) groups excluding carboxylic acids is 2. The zero-order valence-electron chi connectivity index (χ0n) is 10.4. The average molecular weight is 250 g/mol. The van der Waals surface area contributed by atoms with Crippen molar-refractivity contribution in [1.82, 2.24) is 0 Å². The van der Waals surface area contributed by atoms with Crippen LogP contribution in [0.4, 0.5) is 4.39 Å². The van der Waals surface area contributed by atoms with Gasteiger partial charge in [0.2, 0.25) is 0 Å². The number of rotatable bonds is 5. The Labute approximate surface area is 105 Å². The molecule has 1 aromatic rings. The third-order valence-corrected chi connectivity index (χ3v) is 2.30. The fraction of sp³-hybridized carbons (Fsp3) is 0.286. The quantitative estimate of drug-likeness (QED) is 0.596. The lowest BCUT2D eigenvalue weighted by Crippen LogP contribution is -2.01. The number of esters is 1. The largest absolute Gasteiger partial charge is 0.466 e. The van der Waals surface area contributed by atoms with Gasteiger partial charge in [-0.3, -0.25) is 9.59 Å². The van der Waals surface area contributed by atoms with Gasteiger partial charge in [-0.1, -0.05) is 24.3 Å². The van der Waals surface area contributed by atoms with Gasteiger partial charge in [0.1, 0.15) is 5.82 Å². The summed E-state index contributed by atoms with van der Waals surface area (Å²) in [5, 5.41) is 0. The van der Waals surface area contributed by atoms with Crippen LogP contribution >= 0.6 is 0 Å². The lowest BCUT2D eigenvalue weighted by Gasteiger charge is -2.02. The van der Waals surface area contributed by atoms with Crippen LogP contribution in [0.2, 0.25) is 0 Å². The maximum atomic E-state index is 13.8. The van der Waals surface area contributed by atoms with E-state index in [0.717, 1.165) is 0 Å². The van der Waals surface area contributed by atoms with E-state index in [1.807, 2.05) is 0 Å². The Morgan fingerprint density at radius 1 is 1.39 bits per heavy atom. The first-order valence-electron chi connectivity index (χ1n) is 5.67. The molecule has 0 spiro atoms. The second-order valence-corrected chi connectivity index (χ2v) is 3.68.